The van der Waals surface area contributed by atoms with Crippen LogP contribution in [0.25, 0.3) is 0 Å². The van der Waals surface area contributed by atoms with Gasteiger partial charge in [0.1, 0.15) is 5.60 Å². The predicted molar refractivity (Wildman–Crippen MR) is 80.4 cm³/mol. The molecule has 1 rings (SSSR count). The number of rotatable bonds is 5. The third kappa shape index (κ3) is 6.56. The van der Waals surface area contributed by atoms with Crippen LogP contribution in [0.3, 0.4) is 0 Å². The van der Waals surface area contributed by atoms with Crippen LogP contribution in [-0.2, 0) is 15.9 Å². The quantitative estimate of drug-likeness (QED) is 0.670. The molecule has 1 atom stereocenters. The number of benzene rings is 1. The average molecular weight is 311 g/mol. The van der Waals surface area contributed by atoms with Gasteiger partial charge in [0.25, 0.3) is 0 Å². The summed E-state index contributed by atoms with van der Waals surface area (Å²) in [5, 5.41) is 2.12. The Morgan fingerprint density at radius 1 is 1.23 bits per heavy atom. The number of alkyl carbamates (subject to hydrolysis) is 1. The first-order valence-corrected chi connectivity index (χ1v) is 7.11. The molecular formula is C16H22FNO4. The van der Waals surface area contributed by atoms with Crippen LogP contribution in [-0.4, -0.2) is 30.6 Å². The Kier molecular flexibility index (Phi) is 6.34. The number of amides is 1. The molecule has 1 aromatic carbocycles. The zero-order valence-electron chi connectivity index (χ0n) is 13.3. The van der Waals surface area contributed by atoms with E-state index in [0.29, 0.717) is 17.7 Å². The van der Waals surface area contributed by atoms with Gasteiger partial charge >= 0.3 is 12.1 Å². The highest BCUT2D eigenvalue weighted by Gasteiger charge is 2.19. The number of esters is 1. The molecule has 0 heterocycles. The van der Waals surface area contributed by atoms with E-state index in [-0.39, 0.29) is 6.42 Å². The zero-order valence-corrected chi connectivity index (χ0v) is 13.3. The minimum absolute atomic E-state index is 0.0116. The highest BCUT2D eigenvalue weighted by atomic mass is 19.1. The molecule has 0 aliphatic rings. The summed E-state index contributed by atoms with van der Waals surface area (Å²) < 4.78 is 23.6. The van der Waals surface area contributed by atoms with Crippen LogP contribution in [0.4, 0.5) is 9.18 Å². The maximum atomic E-state index is 13.8. The van der Waals surface area contributed by atoms with Gasteiger partial charge in [-0.15, -0.1) is 0 Å². The minimum Gasteiger partial charge on any atom is -0.462 e. The van der Waals surface area contributed by atoms with Crippen molar-refractivity contribution in [3.05, 3.63) is 35.4 Å². The molecule has 0 aromatic heterocycles. The van der Waals surface area contributed by atoms with Gasteiger partial charge < -0.3 is 9.47 Å². The lowest BCUT2D eigenvalue weighted by Crippen LogP contribution is -2.38. The van der Waals surface area contributed by atoms with Crippen LogP contribution < -0.4 is 5.32 Å². The Morgan fingerprint density at radius 3 is 2.32 bits per heavy atom. The van der Waals surface area contributed by atoms with Crippen LogP contribution >= 0.6 is 0 Å². The van der Waals surface area contributed by atoms with Crippen LogP contribution in [0.5, 0.6) is 0 Å². The van der Waals surface area contributed by atoms with E-state index in [4.69, 9.17) is 9.47 Å². The molecule has 1 aromatic rings. The summed E-state index contributed by atoms with van der Waals surface area (Å²) in [5.74, 6) is -0.419. The van der Waals surface area contributed by atoms with Crippen molar-refractivity contribution in [2.24, 2.45) is 0 Å². The second kappa shape index (κ2) is 7.77. The number of carbonyl (C=O) groups is 2. The second-order valence-electron chi connectivity index (χ2n) is 5.74. The molecule has 0 fully saturated rings. The SMILES string of the molecule is CCOC(=O)c1ccc(CC(F)NC(=O)OC(C)(C)C)cc1. The van der Waals surface area contributed by atoms with Gasteiger partial charge in [-0.3, -0.25) is 5.32 Å². The fraction of sp³-hybridized carbons (Fsp3) is 0.500. The van der Waals surface area contributed by atoms with Crippen molar-refractivity contribution in [3.8, 4) is 0 Å². The molecule has 0 bridgehead atoms. The van der Waals surface area contributed by atoms with Crippen molar-refractivity contribution in [2.75, 3.05) is 6.61 Å². The molecule has 5 nitrogen and oxygen atoms in total. The van der Waals surface area contributed by atoms with Gasteiger partial charge in [0.15, 0.2) is 6.30 Å². The van der Waals surface area contributed by atoms with Crippen LogP contribution in [0.2, 0.25) is 0 Å². The predicted octanol–water partition coefficient (Wildman–Crippen LogP) is 3.23. The zero-order chi connectivity index (χ0) is 16.8. The third-order valence-electron chi connectivity index (χ3n) is 2.55. The van der Waals surface area contributed by atoms with Crippen LogP contribution in [0.1, 0.15) is 43.6 Å². The van der Waals surface area contributed by atoms with Gasteiger partial charge in [0.2, 0.25) is 0 Å². The number of hydrogen-bond acceptors (Lipinski definition) is 4. The minimum atomic E-state index is -1.57. The Bertz CT molecular complexity index is 508. The first-order valence-electron chi connectivity index (χ1n) is 7.11. The third-order valence-corrected chi connectivity index (χ3v) is 2.55. The first kappa shape index (κ1) is 17.9. The summed E-state index contributed by atoms with van der Waals surface area (Å²) in [6, 6.07) is 6.37. The van der Waals surface area contributed by atoms with Crippen molar-refractivity contribution >= 4 is 12.1 Å². The van der Waals surface area contributed by atoms with E-state index in [9.17, 15) is 14.0 Å². The molecule has 0 aliphatic heterocycles. The van der Waals surface area contributed by atoms with Crippen LogP contribution in [0, 0.1) is 0 Å². The molecule has 1 unspecified atom stereocenters. The molecule has 22 heavy (non-hydrogen) atoms. The largest absolute Gasteiger partial charge is 0.462 e. The van der Waals surface area contributed by atoms with Gasteiger partial charge in [-0.05, 0) is 45.4 Å². The number of alkyl halides is 1. The molecular weight excluding hydrogens is 289 g/mol. The maximum absolute atomic E-state index is 13.8. The number of halogens is 1. The summed E-state index contributed by atoms with van der Waals surface area (Å²) in [5.41, 5.74) is 0.378. The first-order chi connectivity index (χ1) is 10.2. The van der Waals surface area contributed by atoms with Gasteiger partial charge in [0.05, 0.1) is 12.2 Å². The number of hydrogen-bond donors (Lipinski definition) is 1. The van der Waals surface area contributed by atoms with Gasteiger partial charge in [-0.1, -0.05) is 12.1 Å². The highest BCUT2D eigenvalue weighted by molar-refractivity contribution is 5.89. The Morgan fingerprint density at radius 2 is 1.82 bits per heavy atom. The summed E-state index contributed by atoms with van der Waals surface area (Å²) >= 11 is 0. The average Bonchev–Trinajstić information content (AvgIpc) is 2.37. The lowest BCUT2D eigenvalue weighted by atomic mass is 10.1. The Balaban J connectivity index is 2.53. The van der Waals surface area contributed by atoms with E-state index >= 15 is 0 Å². The van der Waals surface area contributed by atoms with Crippen LogP contribution in [0.15, 0.2) is 24.3 Å². The van der Waals surface area contributed by atoms with Gasteiger partial charge in [-0.2, -0.15) is 0 Å². The summed E-state index contributed by atoms with van der Waals surface area (Å²) in [6.45, 7) is 7.13. The maximum Gasteiger partial charge on any atom is 0.409 e. The molecule has 0 saturated carbocycles. The standard InChI is InChI=1S/C16H22FNO4/c1-5-21-14(19)12-8-6-11(7-9-12)10-13(17)18-15(20)22-16(2,3)4/h6-9,13H,5,10H2,1-4H3,(H,18,20). The summed E-state index contributed by atoms with van der Waals surface area (Å²) in [6.07, 6.45) is -2.38. The number of nitrogens with one attached hydrogen (secondary N) is 1. The van der Waals surface area contributed by atoms with E-state index in [0.717, 1.165) is 0 Å². The molecule has 0 spiro atoms. The van der Waals surface area contributed by atoms with Crippen molar-refractivity contribution in [2.45, 2.75) is 46.0 Å². The van der Waals surface area contributed by atoms with E-state index in [1.807, 2.05) is 0 Å². The molecule has 0 radical (unpaired) electrons. The molecule has 1 N–H and O–H groups in total. The number of carbonyl (C=O) groups excluding carboxylic acids is 2. The monoisotopic (exact) mass is 311 g/mol. The Hall–Kier alpha value is -2.11. The Labute approximate surface area is 129 Å². The molecule has 0 aliphatic carbocycles. The van der Waals surface area contributed by atoms with E-state index in [2.05, 4.69) is 5.32 Å². The van der Waals surface area contributed by atoms with Crippen molar-refractivity contribution in [1.82, 2.24) is 5.32 Å². The topological polar surface area (TPSA) is 64.6 Å². The summed E-state index contributed by atoms with van der Waals surface area (Å²) in [7, 11) is 0. The lowest BCUT2D eigenvalue weighted by Gasteiger charge is -2.20. The molecule has 6 heteroatoms. The molecule has 122 valence electrons. The second-order valence-corrected chi connectivity index (χ2v) is 5.74. The fourth-order valence-electron chi connectivity index (χ4n) is 1.68. The van der Waals surface area contributed by atoms with E-state index in [1.165, 1.54) is 0 Å². The smallest absolute Gasteiger partial charge is 0.409 e. The highest BCUT2D eigenvalue weighted by Crippen LogP contribution is 2.10. The van der Waals surface area contributed by atoms with Crippen molar-refractivity contribution in [3.63, 3.8) is 0 Å². The fourth-order valence-corrected chi connectivity index (χ4v) is 1.68. The lowest BCUT2D eigenvalue weighted by molar-refractivity contribution is 0.0452. The van der Waals surface area contributed by atoms with Gasteiger partial charge in [-0.25, -0.2) is 14.0 Å². The molecule has 0 saturated heterocycles. The van der Waals surface area contributed by atoms with E-state index in [1.54, 1.807) is 52.0 Å². The van der Waals surface area contributed by atoms with E-state index < -0.39 is 24.0 Å². The number of ether oxygens (including phenoxy) is 2. The normalized spacial score (nSPS) is 12.4. The van der Waals surface area contributed by atoms with Crippen molar-refractivity contribution < 1.29 is 23.5 Å². The van der Waals surface area contributed by atoms with Crippen molar-refractivity contribution in [1.29, 1.82) is 0 Å². The summed E-state index contributed by atoms with van der Waals surface area (Å²) in [4.78, 5) is 22.9. The van der Waals surface area contributed by atoms with Gasteiger partial charge in [0, 0.05) is 6.42 Å². The molecule has 1 amide bonds.